The number of ether oxygens (including phenoxy) is 2. The number of aliphatic hydroxyl groups excluding tert-OH is 6. The number of amides is 1. The molecule has 0 radical (unpaired) electrons. The van der Waals surface area contributed by atoms with Gasteiger partial charge in [-0.2, -0.15) is 0 Å². The van der Waals surface area contributed by atoms with Gasteiger partial charge in [0.1, 0.15) is 30.5 Å². The second-order valence-corrected chi connectivity index (χ2v) is 21.6. The standard InChI is InChI=1S/C61H117NO9/c1-3-5-7-9-11-13-15-17-19-21-22-23-24-25-26-27-28-29-30-31-32-33-34-36-38-40-42-44-46-48-50-55(65)60(69)62-53(52-70-61-59(68)58(67)57(66)56(51-63)71-61)54(64)49-47-45-43-41-39-37-35-20-18-16-14-12-10-8-6-4-2/h25-26,47,49,53-59,61,63-68H,3-24,27-46,48,50-52H2,1-2H3,(H,62,69)/b26-25-,49-47+. The summed E-state index contributed by atoms with van der Waals surface area (Å²) in [5.74, 6) is -0.612. The zero-order chi connectivity index (χ0) is 51.7. The van der Waals surface area contributed by atoms with E-state index in [9.17, 15) is 35.4 Å². The first kappa shape index (κ1) is 67.6. The molecule has 8 atom stereocenters. The van der Waals surface area contributed by atoms with Gasteiger partial charge >= 0.3 is 0 Å². The third-order valence-corrected chi connectivity index (χ3v) is 14.9. The van der Waals surface area contributed by atoms with Crippen molar-refractivity contribution in [3.8, 4) is 0 Å². The van der Waals surface area contributed by atoms with Crippen molar-refractivity contribution in [2.45, 2.75) is 345 Å². The molecule has 0 aliphatic carbocycles. The number of unbranched alkanes of at least 4 members (excludes halogenated alkanes) is 40. The molecule has 10 heteroatoms. The average molecular weight is 1010 g/mol. The van der Waals surface area contributed by atoms with Crippen LogP contribution in [0.25, 0.3) is 0 Å². The molecule has 71 heavy (non-hydrogen) atoms. The molecular weight excluding hydrogens is 891 g/mol. The molecule has 1 aliphatic rings. The Labute approximate surface area is 437 Å². The highest BCUT2D eigenvalue weighted by atomic mass is 16.7. The van der Waals surface area contributed by atoms with E-state index in [1.807, 2.05) is 6.08 Å². The van der Waals surface area contributed by atoms with Gasteiger partial charge in [-0.15, -0.1) is 0 Å². The molecule has 1 amide bonds. The van der Waals surface area contributed by atoms with Gasteiger partial charge in [-0.3, -0.25) is 4.79 Å². The van der Waals surface area contributed by atoms with Gasteiger partial charge in [-0.05, 0) is 44.9 Å². The monoisotopic (exact) mass is 1010 g/mol. The minimum absolute atomic E-state index is 0.302. The summed E-state index contributed by atoms with van der Waals surface area (Å²) < 4.78 is 11.2. The second kappa shape index (κ2) is 50.8. The van der Waals surface area contributed by atoms with Gasteiger partial charge in [-0.25, -0.2) is 0 Å². The Hall–Kier alpha value is -1.37. The van der Waals surface area contributed by atoms with Crippen molar-refractivity contribution in [2.75, 3.05) is 13.2 Å². The second-order valence-electron chi connectivity index (χ2n) is 21.6. The highest BCUT2D eigenvalue weighted by Gasteiger charge is 2.44. The van der Waals surface area contributed by atoms with Gasteiger partial charge < -0.3 is 45.4 Å². The first-order valence-corrected chi connectivity index (χ1v) is 30.7. The molecule has 1 saturated heterocycles. The molecule has 1 heterocycles. The number of carbonyl (C=O) groups is 1. The van der Waals surface area contributed by atoms with Crippen LogP contribution in [0.1, 0.15) is 296 Å². The van der Waals surface area contributed by atoms with Crippen molar-refractivity contribution < 1.29 is 44.9 Å². The molecule has 1 fully saturated rings. The fraction of sp³-hybridized carbons (Fsp3) is 0.918. The molecule has 0 aromatic rings. The molecule has 0 saturated carbocycles. The maximum absolute atomic E-state index is 13.1. The van der Waals surface area contributed by atoms with Crippen LogP contribution in [0.3, 0.4) is 0 Å². The number of allylic oxidation sites excluding steroid dienone is 3. The van der Waals surface area contributed by atoms with Crippen LogP contribution in [-0.2, 0) is 14.3 Å². The van der Waals surface area contributed by atoms with Crippen LogP contribution in [0, 0.1) is 0 Å². The number of nitrogens with one attached hydrogen (secondary N) is 1. The van der Waals surface area contributed by atoms with E-state index in [4.69, 9.17) is 9.47 Å². The Kier molecular flexibility index (Phi) is 48.4. The Morgan fingerprint density at radius 2 is 0.817 bits per heavy atom. The first-order chi connectivity index (χ1) is 34.8. The maximum atomic E-state index is 13.1. The molecule has 420 valence electrons. The Bertz CT molecular complexity index is 1190. The van der Waals surface area contributed by atoms with Crippen LogP contribution < -0.4 is 5.32 Å². The van der Waals surface area contributed by atoms with E-state index >= 15 is 0 Å². The summed E-state index contributed by atoms with van der Waals surface area (Å²) in [6.07, 6.45) is 54.4. The summed E-state index contributed by atoms with van der Waals surface area (Å²) in [6, 6.07) is -0.979. The largest absolute Gasteiger partial charge is 0.394 e. The number of hydrogen-bond acceptors (Lipinski definition) is 9. The third-order valence-electron chi connectivity index (χ3n) is 14.9. The van der Waals surface area contributed by atoms with Crippen LogP contribution in [-0.4, -0.2) is 98.7 Å². The third kappa shape index (κ3) is 39.7. The van der Waals surface area contributed by atoms with Crippen LogP contribution >= 0.6 is 0 Å². The van der Waals surface area contributed by atoms with Gasteiger partial charge in [0, 0.05) is 0 Å². The summed E-state index contributed by atoms with van der Waals surface area (Å²) in [7, 11) is 0. The van der Waals surface area contributed by atoms with Crippen molar-refractivity contribution in [2.24, 2.45) is 0 Å². The minimum atomic E-state index is -1.61. The lowest BCUT2D eigenvalue weighted by molar-refractivity contribution is -0.302. The minimum Gasteiger partial charge on any atom is -0.394 e. The fourth-order valence-electron chi connectivity index (χ4n) is 9.93. The fourth-order valence-corrected chi connectivity index (χ4v) is 9.93. The van der Waals surface area contributed by atoms with E-state index in [0.29, 0.717) is 6.42 Å². The lowest BCUT2D eigenvalue weighted by Crippen LogP contribution is -2.60. The highest BCUT2D eigenvalue weighted by molar-refractivity contribution is 5.80. The summed E-state index contributed by atoms with van der Waals surface area (Å²) in [5, 5.41) is 65.1. The topological polar surface area (TPSA) is 169 Å². The number of hydrogen-bond donors (Lipinski definition) is 7. The molecule has 8 unspecified atom stereocenters. The van der Waals surface area contributed by atoms with Crippen molar-refractivity contribution >= 4 is 5.91 Å². The van der Waals surface area contributed by atoms with E-state index < -0.39 is 61.5 Å². The number of rotatable bonds is 53. The SMILES string of the molecule is CCCCCCCCCCCCCC/C=C\CCCCCCCCCCCCCCCCC(O)C(=O)NC(COC1OC(CO)C(O)C(O)C1O)C(O)/C=C/CCCCCCCCCCCCCCCC. The Balaban J connectivity index is 2.18. The number of carbonyl (C=O) groups excluding carboxylic acids is 1. The quantitative estimate of drug-likeness (QED) is 0.0232. The smallest absolute Gasteiger partial charge is 0.249 e. The van der Waals surface area contributed by atoms with E-state index in [1.165, 1.54) is 231 Å². The Morgan fingerprint density at radius 1 is 0.479 bits per heavy atom. The molecule has 0 aromatic heterocycles. The molecular formula is C61H117NO9. The molecule has 0 bridgehead atoms. The van der Waals surface area contributed by atoms with Gasteiger partial charge in [-0.1, -0.05) is 276 Å². The van der Waals surface area contributed by atoms with Crippen LogP contribution in [0.4, 0.5) is 0 Å². The van der Waals surface area contributed by atoms with Crippen LogP contribution in [0.5, 0.6) is 0 Å². The van der Waals surface area contributed by atoms with Crippen molar-refractivity contribution in [3.05, 3.63) is 24.3 Å². The van der Waals surface area contributed by atoms with E-state index in [2.05, 4.69) is 31.3 Å². The van der Waals surface area contributed by atoms with Crippen molar-refractivity contribution in [1.82, 2.24) is 5.32 Å². The molecule has 7 N–H and O–H groups in total. The van der Waals surface area contributed by atoms with Crippen LogP contribution in [0.15, 0.2) is 24.3 Å². The van der Waals surface area contributed by atoms with E-state index in [0.717, 1.165) is 44.9 Å². The molecule has 1 rings (SSSR count). The van der Waals surface area contributed by atoms with E-state index in [-0.39, 0.29) is 6.61 Å². The average Bonchev–Trinajstić information content (AvgIpc) is 3.37. The van der Waals surface area contributed by atoms with Gasteiger partial charge in [0.25, 0.3) is 0 Å². The zero-order valence-corrected chi connectivity index (χ0v) is 46.4. The van der Waals surface area contributed by atoms with E-state index in [1.54, 1.807) is 6.08 Å². The molecule has 0 aromatic carbocycles. The lowest BCUT2D eigenvalue weighted by atomic mass is 9.99. The lowest BCUT2D eigenvalue weighted by Gasteiger charge is -2.40. The predicted octanol–water partition coefficient (Wildman–Crippen LogP) is 14.3. The summed E-state index contributed by atoms with van der Waals surface area (Å²) in [6.45, 7) is 3.65. The normalized spacial score (nSPS) is 19.8. The molecule has 1 aliphatic heterocycles. The summed E-state index contributed by atoms with van der Waals surface area (Å²) in [5.41, 5.74) is 0. The van der Waals surface area contributed by atoms with Gasteiger partial charge in [0.15, 0.2) is 6.29 Å². The first-order valence-electron chi connectivity index (χ1n) is 30.7. The zero-order valence-electron chi connectivity index (χ0n) is 46.4. The van der Waals surface area contributed by atoms with Crippen molar-refractivity contribution in [1.29, 1.82) is 0 Å². The summed E-state index contributed by atoms with van der Waals surface area (Å²) in [4.78, 5) is 13.1. The number of aliphatic hydroxyl groups is 6. The predicted molar refractivity (Wildman–Crippen MR) is 296 cm³/mol. The molecule has 0 spiro atoms. The van der Waals surface area contributed by atoms with Gasteiger partial charge in [0.2, 0.25) is 5.91 Å². The highest BCUT2D eigenvalue weighted by Crippen LogP contribution is 2.23. The van der Waals surface area contributed by atoms with Crippen molar-refractivity contribution in [3.63, 3.8) is 0 Å². The van der Waals surface area contributed by atoms with Crippen LogP contribution in [0.2, 0.25) is 0 Å². The maximum Gasteiger partial charge on any atom is 0.249 e. The van der Waals surface area contributed by atoms with Gasteiger partial charge in [0.05, 0.1) is 25.4 Å². The summed E-state index contributed by atoms with van der Waals surface area (Å²) >= 11 is 0. The Morgan fingerprint density at radius 3 is 1.18 bits per heavy atom. The molecule has 10 nitrogen and oxygen atoms in total.